The van der Waals surface area contributed by atoms with Crippen LogP contribution < -0.4 is 5.73 Å². The molecule has 3 aromatic rings. The largest absolute Gasteiger partial charge is 0.384 e. The Hall–Kier alpha value is -2.21. The van der Waals surface area contributed by atoms with Gasteiger partial charge >= 0.3 is 0 Å². The molecule has 0 fully saturated rings. The van der Waals surface area contributed by atoms with Gasteiger partial charge in [-0.2, -0.15) is 4.98 Å². The Balaban J connectivity index is 2.01. The molecule has 2 N–H and O–H groups in total. The molecular weight excluding hydrogens is 236 g/mol. The first-order valence-electron chi connectivity index (χ1n) is 4.92. The van der Waals surface area contributed by atoms with Crippen molar-refractivity contribution in [2.75, 3.05) is 5.73 Å². The molecule has 0 bridgehead atoms. The minimum absolute atomic E-state index is 0.429. The molecule has 0 saturated heterocycles. The van der Waals surface area contributed by atoms with Crippen LogP contribution in [0, 0.1) is 0 Å². The van der Waals surface area contributed by atoms with Crippen LogP contribution in [0.1, 0.15) is 0 Å². The average molecular weight is 244 g/mol. The van der Waals surface area contributed by atoms with E-state index < -0.39 is 0 Å². The zero-order chi connectivity index (χ0) is 11.7. The van der Waals surface area contributed by atoms with Crippen LogP contribution in [-0.4, -0.2) is 15.1 Å². The summed E-state index contributed by atoms with van der Waals surface area (Å²) in [5, 5.41) is 5.90. The molecule has 6 heteroatoms. The van der Waals surface area contributed by atoms with Crippen LogP contribution in [0.2, 0.25) is 0 Å². The predicted molar refractivity (Wildman–Crippen MR) is 65.3 cm³/mol. The fourth-order valence-electron chi connectivity index (χ4n) is 1.43. The van der Waals surface area contributed by atoms with E-state index in [1.807, 2.05) is 17.5 Å². The Bertz CT molecular complexity index is 632. The van der Waals surface area contributed by atoms with Crippen molar-refractivity contribution in [3.8, 4) is 22.2 Å². The number of nitrogen functional groups attached to an aromatic ring is 1. The van der Waals surface area contributed by atoms with Crippen molar-refractivity contribution in [3.63, 3.8) is 0 Å². The molecule has 0 radical (unpaired) electrons. The van der Waals surface area contributed by atoms with Crippen molar-refractivity contribution >= 4 is 17.2 Å². The van der Waals surface area contributed by atoms with Gasteiger partial charge in [-0.3, -0.25) is 0 Å². The highest BCUT2D eigenvalue weighted by atomic mass is 32.1. The van der Waals surface area contributed by atoms with E-state index in [0.717, 1.165) is 10.4 Å². The van der Waals surface area contributed by atoms with Gasteiger partial charge in [0.15, 0.2) is 0 Å². The van der Waals surface area contributed by atoms with Gasteiger partial charge in [0.2, 0.25) is 5.82 Å². The molecule has 0 atom stereocenters. The Morgan fingerprint density at radius 2 is 2.24 bits per heavy atom. The molecule has 0 aliphatic carbocycles. The maximum Gasteiger partial charge on any atom is 0.258 e. The first-order chi connectivity index (χ1) is 8.33. The van der Waals surface area contributed by atoms with E-state index in [9.17, 15) is 0 Å². The molecule has 0 amide bonds. The molecule has 3 heterocycles. The van der Waals surface area contributed by atoms with E-state index in [0.29, 0.717) is 17.5 Å². The van der Waals surface area contributed by atoms with Crippen LogP contribution in [0.5, 0.6) is 0 Å². The molecular formula is C11H8N4OS. The van der Waals surface area contributed by atoms with E-state index in [4.69, 9.17) is 10.3 Å². The lowest BCUT2D eigenvalue weighted by atomic mass is 10.2. The maximum absolute atomic E-state index is 5.60. The lowest BCUT2D eigenvalue weighted by Gasteiger charge is -1.94. The lowest BCUT2D eigenvalue weighted by molar-refractivity contribution is 0.432. The van der Waals surface area contributed by atoms with Gasteiger partial charge in [0.25, 0.3) is 5.89 Å². The zero-order valence-corrected chi connectivity index (χ0v) is 9.52. The molecule has 0 aliphatic heterocycles. The van der Waals surface area contributed by atoms with Crippen molar-refractivity contribution in [3.05, 3.63) is 35.8 Å². The molecule has 0 saturated carbocycles. The Labute approximate surface area is 101 Å². The summed E-state index contributed by atoms with van der Waals surface area (Å²) in [7, 11) is 0. The minimum Gasteiger partial charge on any atom is -0.384 e. The molecule has 0 unspecified atom stereocenters. The third kappa shape index (κ3) is 1.90. The first-order valence-corrected chi connectivity index (χ1v) is 5.80. The minimum atomic E-state index is 0.429. The van der Waals surface area contributed by atoms with Gasteiger partial charge in [-0.05, 0) is 23.6 Å². The van der Waals surface area contributed by atoms with E-state index in [1.54, 1.807) is 29.7 Å². The normalized spacial score (nSPS) is 10.6. The van der Waals surface area contributed by atoms with Crippen molar-refractivity contribution in [1.29, 1.82) is 0 Å². The number of nitrogens with zero attached hydrogens (tertiary/aromatic N) is 3. The van der Waals surface area contributed by atoms with Gasteiger partial charge < -0.3 is 10.3 Å². The van der Waals surface area contributed by atoms with E-state index >= 15 is 0 Å². The van der Waals surface area contributed by atoms with Crippen LogP contribution >= 0.6 is 11.3 Å². The summed E-state index contributed by atoms with van der Waals surface area (Å²) in [6.45, 7) is 0. The van der Waals surface area contributed by atoms with E-state index in [-0.39, 0.29) is 0 Å². The summed E-state index contributed by atoms with van der Waals surface area (Å²) in [5.41, 5.74) is 6.37. The standard InChI is InChI=1S/C11H8N4OS/c12-9-6-7(3-4-13-9)11-14-10(15-16-11)8-2-1-5-17-8/h1-6H,(H2,12,13). The smallest absolute Gasteiger partial charge is 0.258 e. The fraction of sp³-hybridized carbons (Fsp3) is 0. The highest BCUT2D eigenvalue weighted by molar-refractivity contribution is 7.13. The molecule has 5 nitrogen and oxygen atoms in total. The Morgan fingerprint density at radius 3 is 3.00 bits per heavy atom. The quantitative estimate of drug-likeness (QED) is 0.749. The second-order valence-corrected chi connectivity index (χ2v) is 4.32. The number of hydrogen-bond acceptors (Lipinski definition) is 6. The van der Waals surface area contributed by atoms with Crippen molar-refractivity contribution in [1.82, 2.24) is 15.1 Å². The molecule has 0 aliphatic rings. The number of thiophene rings is 1. The van der Waals surface area contributed by atoms with Crippen LogP contribution in [0.15, 0.2) is 40.4 Å². The molecule has 17 heavy (non-hydrogen) atoms. The zero-order valence-electron chi connectivity index (χ0n) is 8.70. The van der Waals surface area contributed by atoms with Crippen molar-refractivity contribution in [2.24, 2.45) is 0 Å². The molecule has 0 aromatic carbocycles. The summed E-state index contributed by atoms with van der Waals surface area (Å²) in [5.74, 6) is 1.46. The number of pyridine rings is 1. The van der Waals surface area contributed by atoms with Gasteiger partial charge in [-0.1, -0.05) is 11.2 Å². The Kier molecular flexibility index (Phi) is 2.34. The van der Waals surface area contributed by atoms with Gasteiger partial charge in [0.05, 0.1) is 4.88 Å². The summed E-state index contributed by atoms with van der Waals surface area (Å²) in [6.07, 6.45) is 1.61. The molecule has 3 aromatic heterocycles. The third-order valence-electron chi connectivity index (χ3n) is 2.20. The lowest BCUT2D eigenvalue weighted by Crippen LogP contribution is -1.89. The molecule has 3 rings (SSSR count). The second kappa shape index (κ2) is 3.99. The Morgan fingerprint density at radius 1 is 1.29 bits per heavy atom. The van der Waals surface area contributed by atoms with Crippen LogP contribution in [0.25, 0.3) is 22.2 Å². The molecule has 84 valence electrons. The maximum atomic E-state index is 5.60. The summed E-state index contributed by atoms with van der Waals surface area (Å²) < 4.78 is 5.19. The van der Waals surface area contributed by atoms with Gasteiger partial charge in [0, 0.05) is 11.8 Å². The summed E-state index contributed by atoms with van der Waals surface area (Å²) in [6, 6.07) is 7.37. The van der Waals surface area contributed by atoms with Gasteiger partial charge in [0.1, 0.15) is 5.82 Å². The van der Waals surface area contributed by atoms with Gasteiger partial charge in [-0.25, -0.2) is 4.98 Å². The third-order valence-corrected chi connectivity index (χ3v) is 3.06. The number of aromatic nitrogens is 3. The highest BCUT2D eigenvalue weighted by Crippen LogP contribution is 2.25. The highest BCUT2D eigenvalue weighted by Gasteiger charge is 2.11. The average Bonchev–Trinajstić information content (AvgIpc) is 3.00. The van der Waals surface area contributed by atoms with Crippen molar-refractivity contribution in [2.45, 2.75) is 0 Å². The van der Waals surface area contributed by atoms with Crippen LogP contribution in [0.4, 0.5) is 5.82 Å². The number of nitrogens with two attached hydrogens (primary N) is 1. The fourth-order valence-corrected chi connectivity index (χ4v) is 2.08. The monoisotopic (exact) mass is 244 g/mol. The number of hydrogen-bond donors (Lipinski definition) is 1. The summed E-state index contributed by atoms with van der Waals surface area (Å²) >= 11 is 1.57. The van der Waals surface area contributed by atoms with Crippen molar-refractivity contribution < 1.29 is 4.52 Å². The van der Waals surface area contributed by atoms with E-state index in [1.165, 1.54) is 0 Å². The van der Waals surface area contributed by atoms with E-state index in [2.05, 4.69) is 15.1 Å². The topological polar surface area (TPSA) is 77.8 Å². The first kappa shape index (κ1) is 9.98. The summed E-state index contributed by atoms with van der Waals surface area (Å²) in [4.78, 5) is 9.20. The van der Waals surface area contributed by atoms with Crippen LogP contribution in [0.3, 0.4) is 0 Å². The van der Waals surface area contributed by atoms with Gasteiger partial charge in [-0.15, -0.1) is 11.3 Å². The van der Waals surface area contributed by atoms with Crippen LogP contribution in [-0.2, 0) is 0 Å². The molecule has 0 spiro atoms. The number of rotatable bonds is 2. The predicted octanol–water partition coefficient (Wildman–Crippen LogP) is 2.44. The number of anilines is 1. The second-order valence-electron chi connectivity index (χ2n) is 3.37. The SMILES string of the molecule is Nc1cc(-c2nc(-c3cccs3)no2)ccn1.